The minimum Gasteiger partial charge on any atom is -0.480 e. The molecule has 7 N–H and O–H groups in total. The van der Waals surface area contributed by atoms with Gasteiger partial charge in [0.1, 0.15) is 17.5 Å². The van der Waals surface area contributed by atoms with Gasteiger partial charge in [-0.25, -0.2) is 4.79 Å². The molecule has 0 bridgehead atoms. The number of carbonyl (C=O) groups is 2. The highest BCUT2D eigenvalue weighted by molar-refractivity contribution is 7.86. The van der Waals surface area contributed by atoms with Crippen molar-refractivity contribution in [2.24, 2.45) is 0 Å². The average Bonchev–Trinajstić information content (AvgIpc) is 2.31. The third-order valence-electron chi connectivity index (χ3n) is 2.61. The molecule has 142 valence electrons. The fourth-order valence-corrected chi connectivity index (χ4v) is 2.99. The molecule has 0 saturated carbocycles. The summed E-state index contributed by atoms with van der Waals surface area (Å²) in [4.78, 5) is 21.8. The van der Waals surface area contributed by atoms with Crippen molar-refractivity contribution in [2.75, 3.05) is 18.1 Å². The Hall–Kier alpha value is -1.36. The van der Waals surface area contributed by atoms with Gasteiger partial charge in [-0.15, -0.1) is 0 Å². The zero-order valence-corrected chi connectivity index (χ0v) is 13.9. The quantitative estimate of drug-likeness (QED) is 0.134. The third kappa shape index (κ3) is 9.06. The molecular formula is C9H18N2O11S2. The summed E-state index contributed by atoms with van der Waals surface area (Å²) >= 11 is 0. The summed E-state index contributed by atoms with van der Waals surface area (Å²) < 4.78 is 60.2. The molecule has 13 nitrogen and oxygen atoms in total. The number of aliphatic hydroxyl groups is 1. The van der Waals surface area contributed by atoms with Crippen LogP contribution in [0.2, 0.25) is 0 Å². The summed E-state index contributed by atoms with van der Waals surface area (Å²) in [5.41, 5.74) is -3.05. The predicted molar refractivity (Wildman–Crippen MR) is 77.4 cm³/mol. The van der Waals surface area contributed by atoms with Crippen LogP contribution in [0, 0.1) is 0 Å². The lowest BCUT2D eigenvalue weighted by Crippen LogP contribution is -2.60. The smallest absolute Gasteiger partial charge is 0.352 e. The molecule has 0 saturated heterocycles. The van der Waals surface area contributed by atoms with Crippen molar-refractivity contribution in [1.29, 1.82) is 0 Å². The summed E-state index contributed by atoms with van der Waals surface area (Å²) in [6.07, 6.45) is 0. The summed E-state index contributed by atoms with van der Waals surface area (Å²) in [5, 5.41) is 31.5. The van der Waals surface area contributed by atoms with Crippen LogP contribution < -0.4 is 10.6 Å². The van der Waals surface area contributed by atoms with Crippen LogP contribution in [0.4, 0.5) is 0 Å². The van der Waals surface area contributed by atoms with Crippen LogP contribution in [0.1, 0.15) is 6.92 Å². The second-order valence-electron chi connectivity index (χ2n) is 4.98. The van der Waals surface area contributed by atoms with E-state index in [0.29, 0.717) is 0 Å². The van der Waals surface area contributed by atoms with Crippen LogP contribution in [0.25, 0.3) is 0 Å². The Bertz CT molecular complexity index is 674. The maximum Gasteiger partial charge on any atom is 0.352 e. The number of hydrogen-bond acceptors (Lipinski definition) is 9. The molecule has 0 spiro atoms. The van der Waals surface area contributed by atoms with Crippen molar-refractivity contribution >= 4 is 32.2 Å². The minimum absolute atomic E-state index is 0.520. The Morgan fingerprint density at radius 1 is 1.08 bits per heavy atom. The standard InChI is InChI=1S/C9H18N2O11S2/c1-5(11-6(7(12)13)3-23(17,18)19)2-10-9(16,8(14)15)4-24(20,21)22/h5-6,10-11,16H,2-4H2,1H3,(H,12,13)(H,14,15)(H,17,18,19)(H,20,21,22)/t5?,6-,9+/m0/s1. The molecular weight excluding hydrogens is 376 g/mol. The van der Waals surface area contributed by atoms with Gasteiger partial charge in [0.2, 0.25) is 5.72 Å². The number of carboxylic acids is 2. The second-order valence-corrected chi connectivity index (χ2v) is 7.93. The van der Waals surface area contributed by atoms with Crippen LogP contribution in [-0.2, 0) is 29.8 Å². The van der Waals surface area contributed by atoms with Crippen molar-refractivity contribution in [3.05, 3.63) is 0 Å². The molecule has 24 heavy (non-hydrogen) atoms. The van der Waals surface area contributed by atoms with Gasteiger partial charge in [0.15, 0.2) is 0 Å². The molecule has 0 heterocycles. The Balaban J connectivity index is 4.93. The molecule has 0 aliphatic carbocycles. The number of rotatable bonds is 11. The first-order valence-corrected chi connectivity index (χ1v) is 9.37. The lowest BCUT2D eigenvalue weighted by atomic mass is 10.2. The van der Waals surface area contributed by atoms with E-state index in [1.165, 1.54) is 6.92 Å². The van der Waals surface area contributed by atoms with Crippen molar-refractivity contribution in [3.8, 4) is 0 Å². The third-order valence-corrected chi connectivity index (χ3v) is 4.14. The monoisotopic (exact) mass is 394 g/mol. The minimum atomic E-state index is -4.86. The van der Waals surface area contributed by atoms with E-state index in [9.17, 15) is 31.5 Å². The molecule has 3 atom stereocenters. The van der Waals surface area contributed by atoms with E-state index in [0.717, 1.165) is 0 Å². The van der Waals surface area contributed by atoms with Gasteiger partial charge in [0, 0.05) is 12.6 Å². The molecule has 0 amide bonds. The van der Waals surface area contributed by atoms with Crippen LogP contribution in [0.5, 0.6) is 0 Å². The SMILES string of the molecule is CC(CN[C@@](O)(CS(=O)(=O)O)C(=O)O)N[C@@H](CS(=O)(=O)O)C(=O)O. The molecule has 0 radical (unpaired) electrons. The Morgan fingerprint density at radius 2 is 1.58 bits per heavy atom. The van der Waals surface area contributed by atoms with Crippen molar-refractivity contribution in [3.63, 3.8) is 0 Å². The molecule has 0 aromatic carbocycles. The highest BCUT2D eigenvalue weighted by Crippen LogP contribution is 2.05. The van der Waals surface area contributed by atoms with E-state index in [4.69, 9.17) is 19.3 Å². The molecule has 15 heteroatoms. The van der Waals surface area contributed by atoms with Crippen molar-refractivity contribution in [1.82, 2.24) is 10.6 Å². The largest absolute Gasteiger partial charge is 0.480 e. The second kappa shape index (κ2) is 8.15. The van der Waals surface area contributed by atoms with Crippen LogP contribution in [0.15, 0.2) is 0 Å². The van der Waals surface area contributed by atoms with Gasteiger partial charge >= 0.3 is 11.9 Å². The molecule has 0 aliphatic heterocycles. The van der Waals surface area contributed by atoms with E-state index in [1.54, 1.807) is 0 Å². The maximum absolute atomic E-state index is 10.9. The first-order valence-electron chi connectivity index (χ1n) is 6.16. The highest BCUT2D eigenvalue weighted by Gasteiger charge is 2.40. The topological polar surface area (TPSA) is 228 Å². The van der Waals surface area contributed by atoms with Gasteiger partial charge in [-0.05, 0) is 6.92 Å². The van der Waals surface area contributed by atoms with Gasteiger partial charge in [-0.1, -0.05) is 0 Å². The predicted octanol–water partition coefficient (Wildman–Crippen LogP) is -3.44. The Morgan fingerprint density at radius 3 is 1.92 bits per heavy atom. The van der Waals surface area contributed by atoms with Crippen molar-refractivity contribution < 1.29 is 50.8 Å². The molecule has 0 fully saturated rings. The molecule has 0 aromatic heterocycles. The van der Waals surface area contributed by atoms with Gasteiger partial charge < -0.3 is 15.3 Å². The molecule has 0 aromatic rings. The zero-order chi connectivity index (χ0) is 19.3. The average molecular weight is 394 g/mol. The molecule has 0 rings (SSSR count). The first-order chi connectivity index (χ1) is 10.6. The van der Waals surface area contributed by atoms with Crippen LogP contribution in [0.3, 0.4) is 0 Å². The van der Waals surface area contributed by atoms with Crippen LogP contribution in [-0.4, -0.2) is 89.1 Å². The number of nitrogens with one attached hydrogen (secondary N) is 2. The summed E-state index contributed by atoms with van der Waals surface area (Å²) in [5.74, 6) is -6.37. The summed E-state index contributed by atoms with van der Waals surface area (Å²) in [6, 6.07) is -2.71. The fraction of sp³-hybridized carbons (Fsp3) is 0.778. The van der Waals surface area contributed by atoms with E-state index >= 15 is 0 Å². The molecule has 0 aliphatic rings. The van der Waals surface area contributed by atoms with Gasteiger partial charge in [-0.2, -0.15) is 16.8 Å². The van der Waals surface area contributed by atoms with E-state index in [1.807, 2.05) is 5.32 Å². The number of aliphatic carboxylic acids is 2. The van der Waals surface area contributed by atoms with Gasteiger partial charge in [-0.3, -0.25) is 24.5 Å². The van der Waals surface area contributed by atoms with Crippen molar-refractivity contribution in [2.45, 2.75) is 24.7 Å². The fourth-order valence-electron chi connectivity index (χ4n) is 1.58. The van der Waals surface area contributed by atoms with Crippen LogP contribution >= 0.6 is 0 Å². The Labute approximate surface area is 137 Å². The molecule has 1 unspecified atom stereocenters. The first kappa shape index (κ1) is 22.6. The zero-order valence-electron chi connectivity index (χ0n) is 12.3. The van der Waals surface area contributed by atoms with E-state index in [2.05, 4.69) is 5.32 Å². The Kier molecular flexibility index (Phi) is 7.68. The van der Waals surface area contributed by atoms with Gasteiger partial charge in [0.25, 0.3) is 20.2 Å². The summed E-state index contributed by atoms with van der Waals surface area (Å²) in [6.45, 7) is 0.746. The van der Waals surface area contributed by atoms with E-state index in [-0.39, 0.29) is 0 Å². The normalized spacial score (nSPS) is 17.7. The lowest BCUT2D eigenvalue weighted by molar-refractivity contribution is -0.159. The van der Waals surface area contributed by atoms with Gasteiger partial charge in [0.05, 0.1) is 0 Å². The maximum atomic E-state index is 10.9. The summed E-state index contributed by atoms with van der Waals surface area (Å²) in [7, 11) is -9.47. The van der Waals surface area contributed by atoms with E-state index < -0.39 is 68.0 Å². The highest BCUT2D eigenvalue weighted by atomic mass is 32.2. The lowest BCUT2D eigenvalue weighted by Gasteiger charge is -2.26. The number of carboxylic acid groups (broad SMARTS) is 2. The number of hydrogen-bond donors (Lipinski definition) is 7.